The fourth-order valence-electron chi connectivity index (χ4n) is 3.19. The minimum absolute atomic E-state index is 0.00125. The first kappa shape index (κ1) is 20.6. The van der Waals surface area contributed by atoms with Crippen LogP contribution in [0.15, 0.2) is 53.4 Å². The Morgan fingerprint density at radius 2 is 1.71 bits per heavy atom. The van der Waals surface area contributed by atoms with Crippen LogP contribution in [0.3, 0.4) is 0 Å². The molecular formula is C20H13N3O6S2. The molecule has 2 aromatic rings. The molecule has 31 heavy (non-hydrogen) atoms. The van der Waals surface area contributed by atoms with Gasteiger partial charge in [0, 0.05) is 11.1 Å². The van der Waals surface area contributed by atoms with Crippen molar-refractivity contribution in [2.75, 3.05) is 11.4 Å². The molecule has 0 aromatic heterocycles. The second-order valence-electron chi connectivity index (χ2n) is 6.50. The monoisotopic (exact) mass is 455 g/mol. The molecule has 0 atom stereocenters. The molecule has 1 saturated heterocycles. The molecule has 4 rings (SSSR count). The van der Waals surface area contributed by atoms with Crippen molar-refractivity contribution in [3.05, 3.63) is 64.6 Å². The molecule has 9 nitrogen and oxygen atoms in total. The van der Waals surface area contributed by atoms with Crippen LogP contribution in [0.2, 0.25) is 0 Å². The summed E-state index contributed by atoms with van der Waals surface area (Å²) in [6.07, 6.45) is 0. The van der Waals surface area contributed by atoms with E-state index in [1.807, 2.05) is 0 Å². The number of aliphatic carboxylic acids is 1. The number of hydrazine groups is 1. The fourth-order valence-corrected chi connectivity index (χ4v) is 4.44. The summed E-state index contributed by atoms with van der Waals surface area (Å²) in [5.74, 6) is -3.17. The molecule has 0 spiro atoms. The molecule has 0 radical (unpaired) electrons. The molecule has 0 bridgehead atoms. The smallest absolute Gasteiger partial charge is 0.323 e. The molecule has 2 heterocycles. The summed E-state index contributed by atoms with van der Waals surface area (Å²) < 4.78 is 0.0154. The van der Waals surface area contributed by atoms with Gasteiger partial charge in [-0.2, -0.15) is 5.01 Å². The number of carboxylic acids is 1. The van der Waals surface area contributed by atoms with Crippen molar-refractivity contribution in [3.63, 3.8) is 0 Å². The number of carboxylic acid groups (broad SMARTS) is 1. The van der Waals surface area contributed by atoms with E-state index in [9.17, 15) is 24.3 Å². The van der Waals surface area contributed by atoms with E-state index in [4.69, 9.17) is 17.3 Å². The van der Waals surface area contributed by atoms with E-state index in [1.165, 1.54) is 24.3 Å². The van der Waals surface area contributed by atoms with Crippen molar-refractivity contribution in [3.8, 4) is 5.75 Å². The number of amides is 3. The van der Waals surface area contributed by atoms with Crippen LogP contribution in [-0.2, 0) is 14.4 Å². The quantitative estimate of drug-likeness (QED) is 0.470. The van der Waals surface area contributed by atoms with E-state index >= 15 is 0 Å². The molecule has 2 aliphatic rings. The summed E-state index contributed by atoms with van der Waals surface area (Å²) in [5.41, 5.74) is 3.42. The van der Waals surface area contributed by atoms with Gasteiger partial charge in [0.25, 0.3) is 17.7 Å². The number of phenolic OH excluding ortho intramolecular Hbond substituents is 1. The third-order valence-corrected chi connectivity index (χ3v) is 5.93. The van der Waals surface area contributed by atoms with Crippen LogP contribution < -0.4 is 10.3 Å². The summed E-state index contributed by atoms with van der Waals surface area (Å²) in [4.78, 5) is 50.8. The number of thiocarbonyl (C=S) groups is 1. The largest absolute Gasteiger partial charge is 0.508 e. The summed E-state index contributed by atoms with van der Waals surface area (Å²) in [5, 5.41) is 19.4. The lowest BCUT2D eigenvalue weighted by atomic mass is 10.1. The van der Waals surface area contributed by atoms with Crippen molar-refractivity contribution in [1.82, 2.24) is 10.4 Å². The second kappa shape index (κ2) is 7.85. The van der Waals surface area contributed by atoms with Crippen LogP contribution in [-0.4, -0.2) is 49.8 Å². The number of phenols is 1. The van der Waals surface area contributed by atoms with Gasteiger partial charge in [-0.3, -0.25) is 29.5 Å². The predicted octanol–water partition coefficient (Wildman–Crippen LogP) is 1.74. The van der Waals surface area contributed by atoms with Crippen LogP contribution in [0.1, 0.15) is 15.9 Å². The van der Waals surface area contributed by atoms with Gasteiger partial charge in [0.15, 0.2) is 4.32 Å². The highest BCUT2D eigenvalue weighted by Crippen LogP contribution is 2.44. The number of nitrogens with one attached hydrogen (secondary N) is 1. The Bertz CT molecular complexity index is 1190. The maximum atomic E-state index is 13.0. The SMILES string of the molecule is O=C(O)CN1C(=O)C(=C2SC(=S)N(NC(=O)c3ccc(O)cc3)C2=O)c2ccccc21. The number of thioether (sulfide) groups is 1. The van der Waals surface area contributed by atoms with Gasteiger partial charge in [0.2, 0.25) is 0 Å². The number of aromatic hydroxyl groups is 1. The number of hydrogen-bond donors (Lipinski definition) is 3. The molecule has 0 aliphatic carbocycles. The van der Waals surface area contributed by atoms with Crippen molar-refractivity contribution in [2.45, 2.75) is 0 Å². The Hall–Kier alpha value is -3.70. The second-order valence-corrected chi connectivity index (χ2v) is 8.15. The summed E-state index contributed by atoms with van der Waals surface area (Å²) in [6.45, 7) is -0.558. The van der Waals surface area contributed by atoms with E-state index in [0.29, 0.717) is 11.3 Å². The first-order valence-corrected chi connectivity index (χ1v) is 10.0. The normalized spacial score (nSPS) is 17.9. The minimum atomic E-state index is -1.20. The van der Waals surface area contributed by atoms with Crippen molar-refractivity contribution < 1.29 is 29.4 Å². The molecular weight excluding hydrogens is 442 g/mol. The highest BCUT2D eigenvalue weighted by atomic mass is 32.2. The number of para-hydroxylation sites is 1. The van der Waals surface area contributed by atoms with Crippen LogP contribution in [0.25, 0.3) is 5.57 Å². The number of carbonyl (C=O) groups is 4. The zero-order chi connectivity index (χ0) is 22.3. The van der Waals surface area contributed by atoms with Gasteiger partial charge in [0.05, 0.1) is 16.2 Å². The summed E-state index contributed by atoms with van der Waals surface area (Å²) >= 11 is 6.06. The van der Waals surface area contributed by atoms with Crippen LogP contribution >= 0.6 is 24.0 Å². The Kier molecular flexibility index (Phi) is 5.21. The first-order valence-electron chi connectivity index (χ1n) is 8.81. The summed E-state index contributed by atoms with van der Waals surface area (Å²) in [7, 11) is 0. The highest BCUT2D eigenvalue weighted by Gasteiger charge is 2.43. The van der Waals surface area contributed by atoms with Gasteiger partial charge in [-0.15, -0.1) is 0 Å². The summed E-state index contributed by atoms with van der Waals surface area (Å²) in [6, 6.07) is 11.9. The maximum Gasteiger partial charge on any atom is 0.323 e. The lowest BCUT2D eigenvalue weighted by Crippen LogP contribution is -2.45. The van der Waals surface area contributed by atoms with Gasteiger partial charge in [-0.1, -0.05) is 30.0 Å². The highest BCUT2D eigenvalue weighted by molar-refractivity contribution is 8.26. The molecule has 11 heteroatoms. The van der Waals surface area contributed by atoms with Gasteiger partial charge in [-0.05, 0) is 42.5 Å². The molecule has 3 amide bonds. The number of hydrogen-bond acceptors (Lipinski definition) is 7. The maximum absolute atomic E-state index is 13.0. The van der Waals surface area contributed by atoms with Crippen LogP contribution in [0.4, 0.5) is 5.69 Å². The predicted molar refractivity (Wildman–Crippen MR) is 116 cm³/mol. The molecule has 156 valence electrons. The number of carbonyl (C=O) groups excluding carboxylic acids is 3. The van der Waals surface area contributed by atoms with Gasteiger partial charge >= 0.3 is 5.97 Å². The van der Waals surface area contributed by atoms with E-state index in [1.54, 1.807) is 24.3 Å². The number of fused-ring (bicyclic) bond motifs is 1. The number of anilines is 1. The lowest BCUT2D eigenvalue weighted by Gasteiger charge is -2.15. The molecule has 2 aromatic carbocycles. The number of rotatable bonds is 4. The van der Waals surface area contributed by atoms with Crippen LogP contribution in [0.5, 0.6) is 5.75 Å². The third kappa shape index (κ3) is 3.64. The Balaban J connectivity index is 1.67. The molecule has 1 fully saturated rings. The standard InChI is InChI=1S/C20H13N3O6S2/c24-11-7-5-10(6-8-11)17(27)21-23-19(29)16(31-20(23)30)15-12-3-1-2-4-13(12)22(18(15)28)9-14(25)26/h1-8,24H,9H2,(H,21,27)(H,25,26). The van der Waals surface area contributed by atoms with E-state index < -0.39 is 30.2 Å². The average Bonchev–Trinajstić information content (AvgIpc) is 3.16. The fraction of sp³-hybridized carbons (Fsp3) is 0.0500. The lowest BCUT2D eigenvalue weighted by molar-refractivity contribution is -0.136. The Labute approximate surface area is 184 Å². The van der Waals surface area contributed by atoms with Gasteiger partial charge in [0.1, 0.15) is 12.3 Å². The molecule has 0 unspecified atom stereocenters. The van der Waals surface area contributed by atoms with Crippen molar-refractivity contribution in [2.24, 2.45) is 0 Å². The topological polar surface area (TPSA) is 127 Å². The minimum Gasteiger partial charge on any atom is -0.508 e. The number of benzene rings is 2. The van der Waals surface area contributed by atoms with Crippen LogP contribution in [0, 0.1) is 0 Å². The molecule has 2 aliphatic heterocycles. The van der Waals surface area contributed by atoms with Gasteiger partial charge < -0.3 is 10.2 Å². The zero-order valence-electron chi connectivity index (χ0n) is 15.6. The zero-order valence-corrected chi connectivity index (χ0v) is 17.2. The average molecular weight is 455 g/mol. The van der Waals surface area contributed by atoms with Crippen molar-refractivity contribution >= 4 is 63.3 Å². The third-order valence-electron chi connectivity index (χ3n) is 4.56. The number of nitrogens with zero attached hydrogens (tertiary/aromatic N) is 2. The van der Waals surface area contributed by atoms with E-state index in [2.05, 4.69) is 5.43 Å². The Morgan fingerprint density at radius 3 is 2.39 bits per heavy atom. The van der Waals surface area contributed by atoms with Gasteiger partial charge in [-0.25, -0.2) is 0 Å². The molecule has 3 N–H and O–H groups in total. The van der Waals surface area contributed by atoms with E-state index in [0.717, 1.165) is 21.7 Å². The Morgan fingerprint density at radius 1 is 1.03 bits per heavy atom. The molecule has 0 saturated carbocycles. The van der Waals surface area contributed by atoms with Crippen molar-refractivity contribution in [1.29, 1.82) is 0 Å². The first-order chi connectivity index (χ1) is 14.8. The van der Waals surface area contributed by atoms with E-state index in [-0.39, 0.29) is 26.1 Å².